The first-order chi connectivity index (χ1) is 12.2. The van der Waals surface area contributed by atoms with Crippen LogP contribution in [-0.4, -0.2) is 46.9 Å². The second-order valence-corrected chi connectivity index (χ2v) is 6.12. The number of ether oxygens (including phenoxy) is 1. The summed E-state index contributed by atoms with van der Waals surface area (Å²) in [4.78, 5) is 17.5. The van der Waals surface area contributed by atoms with Crippen molar-refractivity contribution in [3.05, 3.63) is 30.2 Å². The van der Waals surface area contributed by atoms with E-state index in [1.807, 2.05) is 11.9 Å². The molecule has 10 heteroatoms. The number of carbonyl (C=O) groups is 1. The molecule has 1 amide bonds. The Hall–Kier alpha value is -2.62. The van der Waals surface area contributed by atoms with Crippen LogP contribution in [0.15, 0.2) is 28.8 Å². The fraction of sp³-hybridized carbons (Fsp3) is 0.438. The van der Waals surface area contributed by atoms with Crippen molar-refractivity contribution in [1.82, 2.24) is 20.4 Å². The molecule has 1 aliphatic rings. The molecule has 1 aromatic heterocycles. The number of hydrogen-bond acceptors (Lipinski definition) is 6. The molecule has 2 aromatic rings. The van der Waals surface area contributed by atoms with Gasteiger partial charge >= 0.3 is 6.36 Å². The number of rotatable bonds is 4. The fourth-order valence-electron chi connectivity index (χ4n) is 2.97. The molecule has 140 valence electrons. The van der Waals surface area contributed by atoms with Crippen molar-refractivity contribution in [2.24, 2.45) is 0 Å². The topological polar surface area (TPSA) is 80.5 Å². The first-order valence-electron chi connectivity index (χ1n) is 7.88. The number of amides is 1. The zero-order valence-electron chi connectivity index (χ0n) is 14.1. The lowest BCUT2D eigenvalue weighted by atomic mass is 10.1. The maximum Gasteiger partial charge on any atom is 0.573 e. The number of hydrogen-bond donors (Lipinski definition) is 1. The number of likely N-dealkylation sites (N-methyl/N-ethyl adjacent to an activating group) is 1. The van der Waals surface area contributed by atoms with Crippen LogP contribution in [0.5, 0.6) is 5.75 Å². The molecule has 0 aliphatic carbocycles. The third-order valence-corrected chi connectivity index (χ3v) is 4.03. The van der Waals surface area contributed by atoms with Gasteiger partial charge in [0.15, 0.2) is 0 Å². The van der Waals surface area contributed by atoms with Crippen LogP contribution in [-0.2, 0) is 4.79 Å². The van der Waals surface area contributed by atoms with Gasteiger partial charge in [0, 0.05) is 25.1 Å². The van der Waals surface area contributed by atoms with Gasteiger partial charge in [-0.3, -0.25) is 9.69 Å². The van der Waals surface area contributed by atoms with Gasteiger partial charge in [0.05, 0.1) is 6.04 Å². The average molecular weight is 370 g/mol. The molecular formula is C16H17F3N4O3. The standard InChI is InChI=1S/C16H17F3N4O3/c1-9(24)20-11-7-13(23(2)8-11)15-21-14(22-26-15)10-3-5-12(6-4-10)25-16(17,18)19/h3-6,11,13H,7-8H2,1-2H3,(H,20,24). The van der Waals surface area contributed by atoms with E-state index in [9.17, 15) is 18.0 Å². The molecule has 1 N–H and O–H groups in total. The number of halogens is 3. The zero-order chi connectivity index (χ0) is 18.9. The molecule has 1 aromatic carbocycles. The van der Waals surface area contributed by atoms with E-state index in [1.165, 1.54) is 31.2 Å². The maximum absolute atomic E-state index is 12.2. The Morgan fingerprint density at radius 3 is 2.65 bits per heavy atom. The lowest BCUT2D eigenvalue weighted by Gasteiger charge is -2.13. The second kappa shape index (κ2) is 6.94. The largest absolute Gasteiger partial charge is 0.573 e. The quantitative estimate of drug-likeness (QED) is 0.891. The van der Waals surface area contributed by atoms with Crippen LogP contribution in [0.25, 0.3) is 11.4 Å². The van der Waals surface area contributed by atoms with Gasteiger partial charge in [-0.25, -0.2) is 0 Å². The Kier molecular flexibility index (Phi) is 4.86. The number of nitrogens with one attached hydrogen (secondary N) is 1. The molecule has 0 saturated carbocycles. The van der Waals surface area contributed by atoms with E-state index in [4.69, 9.17) is 4.52 Å². The summed E-state index contributed by atoms with van der Waals surface area (Å²) in [7, 11) is 1.89. The van der Waals surface area contributed by atoms with E-state index >= 15 is 0 Å². The minimum absolute atomic E-state index is 0.00310. The first-order valence-corrected chi connectivity index (χ1v) is 7.88. The van der Waals surface area contributed by atoms with Crippen molar-refractivity contribution >= 4 is 5.91 Å². The summed E-state index contributed by atoms with van der Waals surface area (Å²) in [6.45, 7) is 2.12. The van der Waals surface area contributed by atoms with Crippen LogP contribution < -0.4 is 10.1 Å². The Bertz CT molecular complexity index is 776. The molecule has 0 bridgehead atoms. The highest BCUT2D eigenvalue weighted by Gasteiger charge is 2.35. The molecule has 2 atom stereocenters. The summed E-state index contributed by atoms with van der Waals surface area (Å²) in [5, 5.41) is 6.75. The molecule has 2 heterocycles. The van der Waals surface area contributed by atoms with Gasteiger partial charge < -0.3 is 14.6 Å². The van der Waals surface area contributed by atoms with Crippen LogP contribution in [0.2, 0.25) is 0 Å². The molecule has 7 nitrogen and oxygen atoms in total. The fourth-order valence-corrected chi connectivity index (χ4v) is 2.97. The SMILES string of the molecule is CC(=O)NC1CC(c2nc(-c3ccc(OC(F)(F)F)cc3)no2)N(C)C1. The van der Waals surface area contributed by atoms with Crippen molar-refractivity contribution < 1.29 is 27.2 Å². The highest BCUT2D eigenvalue weighted by Crippen LogP contribution is 2.31. The average Bonchev–Trinajstić information content (AvgIpc) is 3.12. The van der Waals surface area contributed by atoms with Crippen LogP contribution in [0.3, 0.4) is 0 Å². The van der Waals surface area contributed by atoms with Gasteiger partial charge in [0.2, 0.25) is 17.6 Å². The van der Waals surface area contributed by atoms with Crippen LogP contribution in [0.4, 0.5) is 13.2 Å². The summed E-state index contributed by atoms with van der Waals surface area (Å²) in [5.74, 6) is 0.246. The summed E-state index contributed by atoms with van der Waals surface area (Å²) in [6, 6.07) is 5.08. The first kappa shape index (κ1) is 18.2. The monoisotopic (exact) mass is 370 g/mol. The number of alkyl halides is 3. The maximum atomic E-state index is 12.2. The summed E-state index contributed by atoms with van der Waals surface area (Å²) in [6.07, 6.45) is -4.10. The van der Waals surface area contributed by atoms with E-state index < -0.39 is 6.36 Å². The predicted octanol–water partition coefficient (Wildman–Crippen LogP) is 2.52. The Labute approximate surface area is 147 Å². The van der Waals surface area contributed by atoms with E-state index in [-0.39, 0.29) is 29.6 Å². The van der Waals surface area contributed by atoms with Crippen molar-refractivity contribution in [3.8, 4) is 17.1 Å². The third-order valence-electron chi connectivity index (χ3n) is 4.03. The Balaban J connectivity index is 1.71. The molecule has 2 unspecified atom stereocenters. The van der Waals surface area contributed by atoms with Gasteiger partial charge in [-0.2, -0.15) is 4.98 Å². The molecule has 1 aliphatic heterocycles. The van der Waals surface area contributed by atoms with Gasteiger partial charge in [-0.05, 0) is 37.7 Å². The minimum atomic E-state index is -4.74. The van der Waals surface area contributed by atoms with Crippen LogP contribution >= 0.6 is 0 Å². The molecule has 0 radical (unpaired) electrons. The number of benzene rings is 1. The number of aromatic nitrogens is 2. The van der Waals surface area contributed by atoms with E-state index in [1.54, 1.807) is 0 Å². The molecule has 26 heavy (non-hydrogen) atoms. The normalized spacial score (nSPS) is 21.0. The van der Waals surface area contributed by atoms with Gasteiger partial charge in [0.1, 0.15) is 5.75 Å². The molecule has 0 spiro atoms. The van der Waals surface area contributed by atoms with Crippen molar-refractivity contribution in [1.29, 1.82) is 0 Å². The highest BCUT2D eigenvalue weighted by molar-refractivity contribution is 5.73. The summed E-state index contributed by atoms with van der Waals surface area (Å²) < 4.78 is 45.7. The third kappa shape index (κ3) is 4.31. The Morgan fingerprint density at radius 2 is 2.04 bits per heavy atom. The van der Waals surface area contributed by atoms with Crippen molar-refractivity contribution in [3.63, 3.8) is 0 Å². The molecular weight excluding hydrogens is 353 g/mol. The van der Waals surface area contributed by atoms with E-state index in [0.29, 0.717) is 24.4 Å². The van der Waals surface area contributed by atoms with E-state index in [2.05, 4.69) is 20.2 Å². The number of carbonyl (C=O) groups excluding carboxylic acids is 1. The highest BCUT2D eigenvalue weighted by atomic mass is 19.4. The second-order valence-electron chi connectivity index (χ2n) is 6.12. The lowest BCUT2D eigenvalue weighted by Crippen LogP contribution is -2.34. The van der Waals surface area contributed by atoms with Crippen molar-refractivity contribution in [2.75, 3.05) is 13.6 Å². The van der Waals surface area contributed by atoms with E-state index in [0.717, 1.165) is 0 Å². The molecule has 1 saturated heterocycles. The van der Waals surface area contributed by atoms with Crippen molar-refractivity contribution in [2.45, 2.75) is 31.8 Å². The molecule has 3 rings (SSSR count). The summed E-state index contributed by atoms with van der Waals surface area (Å²) >= 11 is 0. The summed E-state index contributed by atoms with van der Waals surface area (Å²) in [5.41, 5.74) is 0.508. The zero-order valence-corrected chi connectivity index (χ0v) is 14.1. The van der Waals surface area contributed by atoms with Gasteiger partial charge in [-0.1, -0.05) is 5.16 Å². The molecule has 1 fully saturated rings. The predicted molar refractivity (Wildman–Crippen MR) is 84.0 cm³/mol. The Morgan fingerprint density at radius 1 is 1.35 bits per heavy atom. The lowest BCUT2D eigenvalue weighted by molar-refractivity contribution is -0.274. The van der Waals surface area contributed by atoms with Crippen LogP contribution in [0.1, 0.15) is 25.3 Å². The van der Waals surface area contributed by atoms with Gasteiger partial charge in [-0.15, -0.1) is 13.2 Å². The number of likely N-dealkylation sites (tertiary alicyclic amines) is 1. The van der Waals surface area contributed by atoms with Crippen LogP contribution in [0, 0.1) is 0 Å². The van der Waals surface area contributed by atoms with Gasteiger partial charge in [0.25, 0.3) is 0 Å². The minimum Gasteiger partial charge on any atom is -0.406 e. The number of nitrogens with zero attached hydrogens (tertiary/aromatic N) is 3. The smallest absolute Gasteiger partial charge is 0.406 e.